The molecule has 6 heteroatoms. The summed E-state index contributed by atoms with van der Waals surface area (Å²) in [5.41, 5.74) is 2.97. The Labute approximate surface area is 137 Å². The van der Waals surface area contributed by atoms with Crippen molar-refractivity contribution in [2.24, 2.45) is 0 Å². The fourth-order valence-electron chi connectivity index (χ4n) is 2.46. The molecule has 2 heterocycles. The molecule has 1 aromatic carbocycles. The number of carbonyl (C=O) groups excluding carboxylic acids is 1. The van der Waals surface area contributed by atoms with E-state index in [0.29, 0.717) is 11.7 Å². The van der Waals surface area contributed by atoms with Gasteiger partial charge in [-0.2, -0.15) is 5.10 Å². The lowest BCUT2D eigenvalue weighted by Gasteiger charge is -1.99. The summed E-state index contributed by atoms with van der Waals surface area (Å²) in [6, 6.07) is 11.9. The molecule has 1 aliphatic rings. The Morgan fingerprint density at radius 3 is 2.91 bits per heavy atom. The van der Waals surface area contributed by atoms with Crippen molar-refractivity contribution in [1.29, 1.82) is 0 Å². The first-order valence-corrected chi connectivity index (χ1v) is 8.51. The van der Waals surface area contributed by atoms with Crippen molar-refractivity contribution in [2.75, 3.05) is 5.32 Å². The third kappa shape index (κ3) is 3.32. The second-order valence-electron chi connectivity index (χ2n) is 5.72. The van der Waals surface area contributed by atoms with Crippen LogP contribution in [-0.2, 0) is 11.2 Å². The number of nitrogens with zero attached hydrogens (tertiary/aromatic N) is 2. The van der Waals surface area contributed by atoms with Gasteiger partial charge in [0.2, 0.25) is 5.91 Å². The SMILES string of the molecule is O=C(Cc1csc(-c2ccccc2)n1)Nc1cc(C2CC2)[nH]n1. The van der Waals surface area contributed by atoms with Crippen LogP contribution in [0.25, 0.3) is 10.6 Å². The molecule has 1 fully saturated rings. The average Bonchev–Trinajstić information content (AvgIpc) is 3.14. The van der Waals surface area contributed by atoms with E-state index in [-0.39, 0.29) is 12.3 Å². The molecule has 0 spiro atoms. The van der Waals surface area contributed by atoms with Gasteiger partial charge in [-0.1, -0.05) is 30.3 Å². The largest absolute Gasteiger partial charge is 0.309 e. The Balaban J connectivity index is 1.39. The van der Waals surface area contributed by atoms with Gasteiger partial charge >= 0.3 is 0 Å². The van der Waals surface area contributed by atoms with Crippen LogP contribution in [0.5, 0.6) is 0 Å². The molecule has 1 aliphatic carbocycles. The minimum Gasteiger partial charge on any atom is -0.309 e. The lowest BCUT2D eigenvalue weighted by molar-refractivity contribution is -0.115. The molecular weight excluding hydrogens is 308 g/mol. The van der Waals surface area contributed by atoms with Crippen molar-refractivity contribution < 1.29 is 4.79 Å². The number of amides is 1. The highest BCUT2D eigenvalue weighted by molar-refractivity contribution is 7.13. The van der Waals surface area contributed by atoms with Crippen molar-refractivity contribution in [3.8, 4) is 10.6 Å². The number of anilines is 1. The lowest BCUT2D eigenvalue weighted by atomic mass is 10.2. The molecule has 4 rings (SSSR count). The number of H-pyrrole nitrogens is 1. The molecule has 23 heavy (non-hydrogen) atoms. The molecule has 5 nitrogen and oxygen atoms in total. The van der Waals surface area contributed by atoms with Gasteiger partial charge in [-0.25, -0.2) is 4.98 Å². The second kappa shape index (κ2) is 5.96. The maximum Gasteiger partial charge on any atom is 0.231 e. The predicted molar refractivity (Wildman–Crippen MR) is 90.4 cm³/mol. The molecule has 116 valence electrons. The Kier molecular flexibility index (Phi) is 3.67. The quantitative estimate of drug-likeness (QED) is 0.753. The summed E-state index contributed by atoms with van der Waals surface area (Å²) in [5.74, 6) is 1.10. The van der Waals surface area contributed by atoms with E-state index in [9.17, 15) is 4.79 Å². The van der Waals surface area contributed by atoms with Crippen LogP contribution in [0.1, 0.15) is 30.1 Å². The fourth-order valence-corrected chi connectivity index (χ4v) is 3.28. The van der Waals surface area contributed by atoms with Crippen molar-refractivity contribution in [1.82, 2.24) is 15.2 Å². The van der Waals surface area contributed by atoms with Gasteiger partial charge in [0, 0.05) is 28.6 Å². The number of aromatic amines is 1. The molecule has 2 aromatic heterocycles. The summed E-state index contributed by atoms with van der Waals surface area (Å²) < 4.78 is 0. The highest BCUT2D eigenvalue weighted by Gasteiger charge is 2.25. The van der Waals surface area contributed by atoms with E-state index in [1.807, 2.05) is 41.8 Å². The van der Waals surface area contributed by atoms with Gasteiger partial charge in [-0.05, 0) is 12.8 Å². The molecule has 0 bridgehead atoms. The molecule has 0 radical (unpaired) electrons. The van der Waals surface area contributed by atoms with Crippen molar-refractivity contribution in [3.05, 3.63) is 53.2 Å². The standard InChI is InChI=1S/C17H16N4OS/c22-16(19-15-9-14(20-21-15)11-6-7-11)8-13-10-23-17(18-13)12-4-2-1-3-5-12/h1-5,9-11H,6-8H2,(H2,19,20,21,22). The van der Waals surface area contributed by atoms with E-state index < -0.39 is 0 Å². The Morgan fingerprint density at radius 2 is 2.13 bits per heavy atom. The average molecular weight is 324 g/mol. The summed E-state index contributed by atoms with van der Waals surface area (Å²) in [6.45, 7) is 0. The molecule has 1 amide bonds. The smallest absolute Gasteiger partial charge is 0.231 e. The van der Waals surface area contributed by atoms with E-state index >= 15 is 0 Å². The maximum absolute atomic E-state index is 12.1. The van der Waals surface area contributed by atoms with Crippen LogP contribution in [0, 0.1) is 0 Å². The molecule has 0 atom stereocenters. The predicted octanol–water partition coefficient (Wildman–Crippen LogP) is 3.59. The van der Waals surface area contributed by atoms with Crippen LogP contribution >= 0.6 is 11.3 Å². The highest BCUT2D eigenvalue weighted by Crippen LogP contribution is 2.39. The molecule has 0 unspecified atom stereocenters. The zero-order valence-electron chi connectivity index (χ0n) is 12.5. The summed E-state index contributed by atoms with van der Waals surface area (Å²) >= 11 is 1.55. The zero-order chi connectivity index (χ0) is 15.6. The summed E-state index contributed by atoms with van der Waals surface area (Å²) in [7, 11) is 0. The molecule has 0 aliphatic heterocycles. The van der Waals surface area contributed by atoms with Gasteiger partial charge in [0.05, 0.1) is 12.1 Å². The zero-order valence-corrected chi connectivity index (χ0v) is 13.3. The topological polar surface area (TPSA) is 70.7 Å². The lowest BCUT2D eigenvalue weighted by Crippen LogP contribution is -2.14. The molecule has 0 saturated heterocycles. The number of nitrogens with one attached hydrogen (secondary N) is 2. The Bertz CT molecular complexity index is 820. The van der Waals surface area contributed by atoms with Gasteiger partial charge in [0.1, 0.15) is 5.01 Å². The third-order valence-electron chi connectivity index (χ3n) is 3.80. The monoisotopic (exact) mass is 324 g/mol. The fraction of sp³-hybridized carbons (Fsp3) is 0.235. The van der Waals surface area contributed by atoms with Gasteiger partial charge in [0.15, 0.2) is 5.82 Å². The van der Waals surface area contributed by atoms with E-state index in [0.717, 1.165) is 22.0 Å². The number of benzene rings is 1. The van der Waals surface area contributed by atoms with Crippen LogP contribution in [0.2, 0.25) is 0 Å². The van der Waals surface area contributed by atoms with Crippen LogP contribution < -0.4 is 5.32 Å². The molecule has 1 saturated carbocycles. The maximum atomic E-state index is 12.1. The van der Waals surface area contributed by atoms with E-state index in [1.54, 1.807) is 11.3 Å². The summed E-state index contributed by atoms with van der Waals surface area (Å²) in [5, 5.41) is 12.8. The van der Waals surface area contributed by atoms with Crippen LogP contribution in [0.15, 0.2) is 41.8 Å². The van der Waals surface area contributed by atoms with E-state index in [2.05, 4.69) is 20.5 Å². The first kappa shape index (κ1) is 14.1. The number of rotatable bonds is 5. The number of aromatic nitrogens is 3. The van der Waals surface area contributed by atoms with E-state index in [4.69, 9.17) is 0 Å². The van der Waals surface area contributed by atoms with Crippen molar-refractivity contribution in [2.45, 2.75) is 25.2 Å². The minimum atomic E-state index is -0.0937. The summed E-state index contributed by atoms with van der Waals surface area (Å²) in [4.78, 5) is 16.7. The number of thiazole rings is 1. The molecular formula is C17H16N4OS. The van der Waals surface area contributed by atoms with Gasteiger partial charge in [-0.15, -0.1) is 11.3 Å². The number of carbonyl (C=O) groups is 1. The number of hydrogen-bond acceptors (Lipinski definition) is 4. The van der Waals surface area contributed by atoms with Crippen molar-refractivity contribution in [3.63, 3.8) is 0 Å². The Hall–Kier alpha value is -2.47. The second-order valence-corrected chi connectivity index (χ2v) is 6.58. The van der Waals surface area contributed by atoms with Gasteiger partial charge in [0.25, 0.3) is 0 Å². The van der Waals surface area contributed by atoms with Crippen LogP contribution in [0.3, 0.4) is 0 Å². The minimum absolute atomic E-state index is 0.0937. The number of hydrogen-bond donors (Lipinski definition) is 2. The van der Waals surface area contributed by atoms with Crippen LogP contribution in [-0.4, -0.2) is 21.1 Å². The van der Waals surface area contributed by atoms with Gasteiger partial charge < -0.3 is 5.32 Å². The first-order chi connectivity index (χ1) is 11.3. The Morgan fingerprint density at radius 1 is 1.30 bits per heavy atom. The van der Waals surface area contributed by atoms with E-state index in [1.165, 1.54) is 12.8 Å². The first-order valence-electron chi connectivity index (χ1n) is 7.63. The third-order valence-corrected chi connectivity index (χ3v) is 4.74. The van der Waals surface area contributed by atoms with Crippen molar-refractivity contribution >= 4 is 23.1 Å². The van der Waals surface area contributed by atoms with Gasteiger partial charge in [-0.3, -0.25) is 9.89 Å². The molecule has 2 N–H and O–H groups in total. The van der Waals surface area contributed by atoms with Crippen LogP contribution in [0.4, 0.5) is 5.82 Å². The normalized spacial score (nSPS) is 13.9. The highest BCUT2D eigenvalue weighted by atomic mass is 32.1. The molecule has 3 aromatic rings. The summed E-state index contributed by atoms with van der Waals surface area (Å²) in [6.07, 6.45) is 2.67.